The summed E-state index contributed by atoms with van der Waals surface area (Å²) in [6.07, 6.45) is 3.76. The van der Waals surface area contributed by atoms with Crippen LogP contribution in [-0.2, 0) is 19.7 Å². The molecule has 0 heterocycles. The van der Waals surface area contributed by atoms with E-state index in [2.05, 4.69) is 0 Å². The van der Waals surface area contributed by atoms with Crippen LogP contribution >= 0.6 is 0 Å². The van der Waals surface area contributed by atoms with Crippen LogP contribution in [0.4, 0.5) is 0 Å². The van der Waals surface area contributed by atoms with E-state index in [1.54, 1.807) is 6.92 Å². The Labute approximate surface area is 86.5 Å². The first-order valence-electron chi connectivity index (χ1n) is 4.53. The SMILES string of the molecule is CCC(CCCS(C)(=O)=O)S(C)(=O)=O. The Hall–Kier alpha value is -0.100. The molecule has 0 aliphatic heterocycles. The molecule has 0 aromatic heterocycles. The van der Waals surface area contributed by atoms with E-state index in [1.165, 1.54) is 6.26 Å². The van der Waals surface area contributed by atoms with Crippen molar-refractivity contribution in [2.45, 2.75) is 31.4 Å². The second kappa shape index (κ2) is 5.11. The van der Waals surface area contributed by atoms with E-state index in [0.29, 0.717) is 19.3 Å². The lowest BCUT2D eigenvalue weighted by atomic mass is 10.2. The van der Waals surface area contributed by atoms with Gasteiger partial charge in [-0.2, -0.15) is 0 Å². The van der Waals surface area contributed by atoms with E-state index < -0.39 is 24.9 Å². The number of sulfone groups is 2. The molecule has 0 aromatic carbocycles. The van der Waals surface area contributed by atoms with Crippen LogP contribution in [0.2, 0.25) is 0 Å². The lowest BCUT2D eigenvalue weighted by Gasteiger charge is -2.11. The monoisotopic (exact) mass is 242 g/mol. The summed E-state index contributed by atoms with van der Waals surface area (Å²) in [5.41, 5.74) is 0. The minimum absolute atomic E-state index is 0.0685. The topological polar surface area (TPSA) is 68.3 Å². The van der Waals surface area contributed by atoms with Crippen LogP contribution in [0.15, 0.2) is 0 Å². The number of hydrogen-bond acceptors (Lipinski definition) is 4. The maximum absolute atomic E-state index is 11.2. The van der Waals surface area contributed by atoms with Crippen molar-refractivity contribution in [1.29, 1.82) is 0 Å². The van der Waals surface area contributed by atoms with Gasteiger partial charge in [0.2, 0.25) is 0 Å². The summed E-state index contributed by atoms with van der Waals surface area (Å²) in [6.45, 7) is 1.80. The van der Waals surface area contributed by atoms with Gasteiger partial charge in [-0.3, -0.25) is 0 Å². The van der Waals surface area contributed by atoms with Gasteiger partial charge in [-0.1, -0.05) is 6.92 Å². The minimum Gasteiger partial charge on any atom is -0.229 e. The predicted octanol–water partition coefficient (Wildman–Crippen LogP) is 0.634. The third-order valence-electron chi connectivity index (χ3n) is 2.10. The number of hydrogen-bond donors (Lipinski definition) is 0. The van der Waals surface area contributed by atoms with Gasteiger partial charge in [-0.15, -0.1) is 0 Å². The number of rotatable bonds is 6. The van der Waals surface area contributed by atoms with E-state index in [9.17, 15) is 16.8 Å². The Morgan fingerprint density at radius 2 is 1.57 bits per heavy atom. The fraction of sp³-hybridized carbons (Fsp3) is 1.00. The molecule has 14 heavy (non-hydrogen) atoms. The zero-order chi connectivity index (χ0) is 11.4. The van der Waals surface area contributed by atoms with Gasteiger partial charge < -0.3 is 0 Å². The maximum atomic E-state index is 11.2. The molecule has 0 aliphatic carbocycles. The first kappa shape index (κ1) is 13.9. The Kier molecular flexibility index (Phi) is 5.08. The van der Waals surface area contributed by atoms with Gasteiger partial charge in [-0.05, 0) is 19.3 Å². The van der Waals surface area contributed by atoms with Crippen molar-refractivity contribution < 1.29 is 16.8 Å². The molecule has 0 spiro atoms. The lowest BCUT2D eigenvalue weighted by Crippen LogP contribution is -2.20. The molecule has 0 fully saturated rings. The minimum atomic E-state index is -3.03. The first-order chi connectivity index (χ1) is 6.17. The molecule has 86 valence electrons. The van der Waals surface area contributed by atoms with E-state index in [1.807, 2.05) is 0 Å². The van der Waals surface area contributed by atoms with Gasteiger partial charge in [0, 0.05) is 18.3 Å². The van der Waals surface area contributed by atoms with Gasteiger partial charge in [0.05, 0.1) is 5.25 Å². The van der Waals surface area contributed by atoms with Gasteiger partial charge in [0.25, 0.3) is 0 Å². The summed E-state index contributed by atoms with van der Waals surface area (Å²) in [5, 5.41) is -0.399. The first-order valence-corrected chi connectivity index (χ1v) is 8.55. The van der Waals surface area contributed by atoms with E-state index in [0.717, 1.165) is 6.26 Å². The van der Waals surface area contributed by atoms with Gasteiger partial charge >= 0.3 is 0 Å². The smallest absolute Gasteiger partial charge is 0.150 e. The normalized spacial score (nSPS) is 15.4. The molecule has 0 amide bonds. The van der Waals surface area contributed by atoms with E-state index in [-0.39, 0.29) is 5.75 Å². The van der Waals surface area contributed by atoms with Crippen molar-refractivity contribution in [1.82, 2.24) is 0 Å². The fourth-order valence-corrected chi connectivity index (χ4v) is 3.19. The van der Waals surface area contributed by atoms with Crippen molar-refractivity contribution >= 4 is 19.7 Å². The zero-order valence-corrected chi connectivity index (χ0v) is 10.5. The van der Waals surface area contributed by atoms with E-state index >= 15 is 0 Å². The zero-order valence-electron chi connectivity index (χ0n) is 8.86. The van der Waals surface area contributed by atoms with Crippen LogP contribution in [-0.4, -0.2) is 40.3 Å². The van der Waals surface area contributed by atoms with E-state index in [4.69, 9.17) is 0 Å². The Morgan fingerprint density at radius 3 is 1.86 bits per heavy atom. The Morgan fingerprint density at radius 1 is 1.07 bits per heavy atom. The molecule has 0 saturated carbocycles. The molecule has 1 atom stereocenters. The third kappa shape index (κ3) is 6.37. The fourth-order valence-electron chi connectivity index (χ4n) is 1.29. The molecular formula is C8H18O4S2. The average molecular weight is 242 g/mol. The molecule has 0 N–H and O–H groups in total. The average Bonchev–Trinajstić information content (AvgIpc) is 1.93. The quantitative estimate of drug-likeness (QED) is 0.685. The largest absolute Gasteiger partial charge is 0.229 e. The summed E-state index contributed by atoms with van der Waals surface area (Å²) in [4.78, 5) is 0. The highest BCUT2D eigenvalue weighted by Gasteiger charge is 2.18. The predicted molar refractivity (Wildman–Crippen MR) is 57.9 cm³/mol. The van der Waals surface area contributed by atoms with Crippen molar-refractivity contribution in [3.05, 3.63) is 0 Å². The maximum Gasteiger partial charge on any atom is 0.150 e. The second-order valence-corrected chi connectivity index (χ2v) is 8.22. The highest BCUT2D eigenvalue weighted by atomic mass is 32.2. The summed E-state index contributed by atoms with van der Waals surface area (Å²) in [7, 11) is -6.00. The second-order valence-electron chi connectivity index (χ2n) is 3.63. The third-order valence-corrected chi connectivity index (χ3v) is 4.91. The molecule has 6 heteroatoms. The molecule has 0 aromatic rings. The van der Waals surface area contributed by atoms with Gasteiger partial charge in [-0.25, -0.2) is 16.8 Å². The van der Waals surface area contributed by atoms with Crippen LogP contribution in [0.1, 0.15) is 26.2 Å². The van der Waals surface area contributed by atoms with Crippen LogP contribution in [0, 0.1) is 0 Å². The van der Waals surface area contributed by atoms with Crippen LogP contribution in [0.25, 0.3) is 0 Å². The lowest BCUT2D eigenvalue weighted by molar-refractivity contribution is 0.565. The molecule has 4 nitrogen and oxygen atoms in total. The Bertz CT molecular complexity index is 353. The standard InChI is InChI=1S/C8H18O4S2/c1-4-8(14(3,11)12)6-5-7-13(2,9)10/h8H,4-7H2,1-3H3. The molecule has 0 radical (unpaired) electrons. The van der Waals surface area contributed by atoms with Gasteiger partial charge in [0.1, 0.15) is 19.7 Å². The van der Waals surface area contributed by atoms with Crippen molar-refractivity contribution in [2.75, 3.05) is 18.3 Å². The molecule has 0 saturated heterocycles. The Balaban J connectivity index is 4.12. The highest BCUT2D eigenvalue weighted by molar-refractivity contribution is 7.91. The highest BCUT2D eigenvalue weighted by Crippen LogP contribution is 2.11. The molecule has 0 aliphatic rings. The van der Waals surface area contributed by atoms with Gasteiger partial charge in [0.15, 0.2) is 0 Å². The molecule has 1 unspecified atom stereocenters. The molecule has 0 rings (SSSR count). The van der Waals surface area contributed by atoms with Crippen LogP contribution in [0.5, 0.6) is 0 Å². The van der Waals surface area contributed by atoms with Crippen LogP contribution < -0.4 is 0 Å². The summed E-state index contributed by atoms with van der Waals surface area (Å²) in [6, 6.07) is 0. The summed E-state index contributed by atoms with van der Waals surface area (Å²) < 4.78 is 43.9. The van der Waals surface area contributed by atoms with Crippen molar-refractivity contribution in [3.8, 4) is 0 Å². The molecule has 0 bridgehead atoms. The van der Waals surface area contributed by atoms with Crippen molar-refractivity contribution in [2.24, 2.45) is 0 Å². The van der Waals surface area contributed by atoms with Crippen molar-refractivity contribution in [3.63, 3.8) is 0 Å². The molecular weight excluding hydrogens is 224 g/mol. The van der Waals surface area contributed by atoms with Crippen LogP contribution in [0.3, 0.4) is 0 Å². The summed E-state index contributed by atoms with van der Waals surface area (Å²) >= 11 is 0. The summed E-state index contributed by atoms with van der Waals surface area (Å²) in [5.74, 6) is 0.0685.